The highest BCUT2D eigenvalue weighted by Gasteiger charge is 2.42. The molecule has 0 aliphatic heterocycles. The monoisotopic (exact) mass is 394 g/mol. The lowest BCUT2D eigenvalue weighted by Gasteiger charge is -2.44. The van der Waals surface area contributed by atoms with Crippen LogP contribution in [0.1, 0.15) is 108 Å². The molecule has 0 rings (SSSR count). The number of nitrogens with one attached hydrogen (secondary N) is 1. The van der Waals surface area contributed by atoms with E-state index in [1.807, 2.05) is 20.8 Å². The van der Waals surface area contributed by atoms with Gasteiger partial charge in [0.25, 0.3) is 0 Å². The topological polar surface area (TPSA) is 62.1 Å². The Bertz CT molecular complexity index is 512. The van der Waals surface area contributed by atoms with Crippen molar-refractivity contribution in [2.75, 3.05) is 0 Å². The normalized spacial score (nSPS) is 16.0. The Morgan fingerprint density at radius 2 is 1.61 bits per heavy atom. The molecule has 0 aliphatic carbocycles. The Kier molecular flexibility index (Phi) is 10.6. The fourth-order valence-corrected chi connectivity index (χ4v) is 4.41. The van der Waals surface area contributed by atoms with Crippen LogP contribution < -0.4 is 5.32 Å². The van der Waals surface area contributed by atoms with E-state index >= 15 is 0 Å². The highest BCUT2D eigenvalue weighted by atomic mass is 16.6. The van der Waals surface area contributed by atoms with Crippen LogP contribution in [0.3, 0.4) is 0 Å². The maximum atomic E-state index is 12.5. The first-order valence-corrected chi connectivity index (χ1v) is 11.1. The molecular weight excluding hydrogens is 348 g/mol. The molecule has 0 aromatic carbocycles. The Balaban J connectivity index is 5.41. The van der Waals surface area contributed by atoms with Gasteiger partial charge in [-0.05, 0) is 50.4 Å². The molecule has 0 aliphatic rings. The Labute approximate surface area is 174 Å². The van der Waals surface area contributed by atoms with Crippen LogP contribution in [0.5, 0.6) is 0 Å². The molecule has 4 nitrogen and oxygen atoms in total. The van der Waals surface area contributed by atoms with E-state index in [2.05, 4.69) is 59.9 Å². The van der Waals surface area contributed by atoms with Gasteiger partial charge in [0.05, 0.1) is 12.0 Å². The van der Waals surface area contributed by atoms with E-state index in [1.165, 1.54) is 12.8 Å². The van der Waals surface area contributed by atoms with E-state index in [0.29, 0.717) is 5.92 Å². The van der Waals surface area contributed by atoms with Crippen molar-refractivity contribution < 1.29 is 9.53 Å². The summed E-state index contributed by atoms with van der Waals surface area (Å²) in [6.07, 6.45) is 5.87. The first kappa shape index (κ1) is 26.8. The highest BCUT2D eigenvalue weighted by molar-refractivity contribution is 5.68. The van der Waals surface area contributed by atoms with Gasteiger partial charge in [0.1, 0.15) is 5.60 Å². The summed E-state index contributed by atoms with van der Waals surface area (Å²) in [6, 6.07) is 2.55. The minimum atomic E-state index is -0.515. The lowest BCUT2D eigenvalue weighted by molar-refractivity contribution is 0.0332. The lowest BCUT2D eigenvalue weighted by atomic mass is 9.63. The molecule has 0 saturated carbocycles. The van der Waals surface area contributed by atoms with Crippen molar-refractivity contribution in [3.05, 3.63) is 0 Å². The van der Waals surface area contributed by atoms with E-state index < -0.39 is 5.60 Å². The molecule has 1 amide bonds. The number of amides is 1. The van der Waals surface area contributed by atoms with Gasteiger partial charge in [-0.2, -0.15) is 5.26 Å². The molecule has 0 spiro atoms. The number of alkyl carbamates (subject to hydrolysis) is 1. The van der Waals surface area contributed by atoms with Gasteiger partial charge >= 0.3 is 6.09 Å². The Morgan fingerprint density at radius 1 is 1.04 bits per heavy atom. The van der Waals surface area contributed by atoms with E-state index in [4.69, 9.17) is 4.74 Å². The van der Waals surface area contributed by atoms with Gasteiger partial charge in [-0.15, -0.1) is 0 Å². The summed E-state index contributed by atoms with van der Waals surface area (Å²) in [5.74, 6) is 0.344. The standard InChI is InChI=1S/C24H46N2O2/c1-11-13-14-15-19(16-25)23(7,8)17-24(9,10)20(18(3)12-2)26-21(27)28-22(4,5)6/h18-20H,11-15,17H2,1-10H3,(H,26,27). The number of nitriles is 1. The van der Waals surface area contributed by atoms with E-state index in [-0.39, 0.29) is 28.9 Å². The van der Waals surface area contributed by atoms with Crippen LogP contribution in [0.15, 0.2) is 0 Å². The molecule has 0 fully saturated rings. The molecule has 4 heteroatoms. The molecule has 164 valence electrons. The van der Waals surface area contributed by atoms with Crippen molar-refractivity contribution in [1.82, 2.24) is 5.32 Å². The number of carbonyl (C=O) groups excluding carboxylic acids is 1. The second kappa shape index (κ2) is 11.1. The molecule has 3 atom stereocenters. The predicted molar refractivity (Wildman–Crippen MR) is 118 cm³/mol. The van der Waals surface area contributed by atoms with Gasteiger partial charge in [0.2, 0.25) is 0 Å². The SMILES string of the molecule is CCCCCC(C#N)C(C)(C)CC(C)(C)C(NC(=O)OC(C)(C)C)C(C)CC. The van der Waals surface area contributed by atoms with Gasteiger partial charge in [-0.1, -0.05) is 74.1 Å². The maximum Gasteiger partial charge on any atom is 0.407 e. The average Bonchev–Trinajstić information content (AvgIpc) is 2.53. The van der Waals surface area contributed by atoms with Gasteiger partial charge in [-0.3, -0.25) is 0 Å². The van der Waals surface area contributed by atoms with Crippen LogP contribution in [0.25, 0.3) is 0 Å². The zero-order valence-corrected chi connectivity index (χ0v) is 20.2. The summed E-state index contributed by atoms with van der Waals surface area (Å²) in [5.41, 5.74) is -0.790. The second-order valence-corrected chi connectivity index (χ2v) is 10.8. The fraction of sp³-hybridized carbons (Fsp3) is 0.917. The first-order chi connectivity index (χ1) is 12.7. The van der Waals surface area contributed by atoms with Crippen LogP contribution in [0, 0.1) is 34.0 Å². The molecule has 3 unspecified atom stereocenters. The number of carbonyl (C=O) groups is 1. The summed E-state index contributed by atoms with van der Waals surface area (Å²) in [4.78, 5) is 12.5. The smallest absolute Gasteiger partial charge is 0.407 e. The summed E-state index contributed by atoms with van der Waals surface area (Å²) in [7, 11) is 0. The van der Waals surface area contributed by atoms with Crippen molar-refractivity contribution in [3.63, 3.8) is 0 Å². The van der Waals surface area contributed by atoms with Gasteiger partial charge in [0, 0.05) is 6.04 Å². The molecule has 1 N–H and O–H groups in total. The fourth-order valence-electron chi connectivity index (χ4n) is 4.41. The number of rotatable bonds is 11. The van der Waals surface area contributed by atoms with Gasteiger partial charge < -0.3 is 10.1 Å². The van der Waals surface area contributed by atoms with Gasteiger partial charge in [0.15, 0.2) is 0 Å². The molecule has 0 aromatic rings. The van der Waals surface area contributed by atoms with Crippen molar-refractivity contribution >= 4 is 6.09 Å². The first-order valence-electron chi connectivity index (χ1n) is 11.1. The molecule has 0 radical (unpaired) electrons. The lowest BCUT2D eigenvalue weighted by Crippen LogP contribution is -2.52. The third kappa shape index (κ3) is 9.30. The minimum absolute atomic E-state index is 0.0124. The molecule has 0 bridgehead atoms. The second-order valence-electron chi connectivity index (χ2n) is 10.8. The molecule has 28 heavy (non-hydrogen) atoms. The Morgan fingerprint density at radius 3 is 2.04 bits per heavy atom. The van der Waals surface area contributed by atoms with E-state index in [1.54, 1.807) is 0 Å². The number of unbranched alkanes of at least 4 members (excludes halogenated alkanes) is 2. The summed E-state index contributed by atoms with van der Waals surface area (Å²) >= 11 is 0. The number of ether oxygens (including phenoxy) is 1. The van der Waals surface area contributed by atoms with E-state index in [9.17, 15) is 10.1 Å². The molecule has 0 heterocycles. The van der Waals surface area contributed by atoms with Crippen molar-refractivity contribution in [2.24, 2.45) is 22.7 Å². The molecule has 0 aromatic heterocycles. The van der Waals surface area contributed by atoms with Crippen molar-refractivity contribution in [2.45, 2.75) is 119 Å². The zero-order valence-electron chi connectivity index (χ0n) is 20.2. The Hall–Kier alpha value is -1.24. The quantitative estimate of drug-likeness (QED) is 0.380. The largest absolute Gasteiger partial charge is 0.444 e. The molecular formula is C24H46N2O2. The van der Waals surface area contributed by atoms with Crippen molar-refractivity contribution in [3.8, 4) is 6.07 Å². The number of hydrogen-bond acceptors (Lipinski definition) is 3. The summed E-state index contributed by atoms with van der Waals surface area (Å²) in [6.45, 7) is 21.0. The van der Waals surface area contributed by atoms with Crippen LogP contribution in [-0.2, 0) is 4.74 Å². The average molecular weight is 395 g/mol. The minimum Gasteiger partial charge on any atom is -0.444 e. The third-order valence-electron chi connectivity index (χ3n) is 5.83. The van der Waals surface area contributed by atoms with Crippen molar-refractivity contribution in [1.29, 1.82) is 5.26 Å². The number of hydrogen-bond donors (Lipinski definition) is 1. The third-order valence-corrected chi connectivity index (χ3v) is 5.83. The maximum absolute atomic E-state index is 12.5. The zero-order chi connectivity index (χ0) is 22.2. The van der Waals surface area contributed by atoms with E-state index in [0.717, 1.165) is 25.7 Å². The molecule has 0 saturated heterocycles. The van der Waals surface area contributed by atoms with Gasteiger partial charge in [-0.25, -0.2) is 4.79 Å². The number of nitrogens with zero attached hydrogens (tertiary/aromatic N) is 1. The summed E-state index contributed by atoms with van der Waals surface area (Å²) < 4.78 is 5.52. The highest BCUT2D eigenvalue weighted by Crippen LogP contribution is 2.44. The summed E-state index contributed by atoms with van der Waals surface area (Å²) in [5, 5.41) is 12.9. The van der Waals surface area contributed by atoms with Crippen LogP contribution in [0.4, 0.5) is 4.79 Å². The predicted octanol–water partition coefficient (Wildman–Crippen LogP) is 7.09. The van der Waals surface area contributed by atoms with Crippen LogP contribution in [0.2, 0.25) is 0 Å². The van der Waals surface area contributed by atoms with Crippen LogP contribution >= 0.6 is 0 Å². The van der Waals surface area contributed by atoms with Crippen LogP contribution in [-0.4, -0.2) is 17.7 Å².